The Morgan fingerprint density at radius 1 is 1.07 bits per heavy atom. The number of pyridine rings is 1. The van der Waals surface area contributed by atoms with Crippen LogP contribution >= 0.6 is 11.6 Å². The Bertz CT molecular complexity index is 1010. The summed E-state index contributed by atoms with van der Waals surface area (Å²) in [4.78, 5) is 19.9. The van der Waals surface area contributed by atoms with Crippen molar-refractivity contribution < 1.29 is 9.53 Å². The molecule has 0 spiro atoms. The summed E-state index contributed by atoms with van der Waals surface area (Å²) in [6.07, 6.45) is 3.39. The number of carbonyl (C=O) groups is 1. The minimum absolute atomic E-state index is 0.314. The Balaban J connectivity index is 2.07. The molecule has 0 unspecified atom stereocenters. The Morgan fingerprint density at radius 2 is 1.79 bits per heavy atom. The number of halogens is 1. The van der Waals surface area contributed by atoms with Gasteiger partial charge in [0.15, 0.2) is 5.69 Å². The molecule has 0 saturated carbocycles. The Kier molecular flexibility index (Phi) is 5.49. The Labute approximate surface area is 170 Å². The van der Waals surface area contributed by atoms with Gasteiger partial charge in [-0.25, -0.2) is 9.78 Å². The average Bonchev–Trinajstić information content (AvgIpc) is 2.74. The van der Waals surface area contributed by atoms with Crippen LogP contribution in [0.5, 0.6) is 0 Å². The van der Waals surface area contributed by atoms with Gasteiger partial charge in [-0.1, -0.05) is 48.0 Å². The number of anilines is 1. The van der Waals surface area contributed by atoms with Gasteiger partial charge in [0.2, 0.25) is 0 Å². The Morgan fingerprint density at radius 3 is 2.54 bits per heavy atom. The smallest absolute Gasteiger partial charge is 0.359 e. The van der Waals surface area contributed by atoms with Crippen molar-refractivity contribution in [1.82, 2.24) is 4.98 Å². The van der Waals surface area contributed by atoms with Crippen LogP contribution in [-0.2, 0) is 4.74 Å². The first-order valence-corrected chi connectivity index (χ1v) is 10.2. The van der Waals surface area contributed by atoms with Crippen molar-refractivity contribution in [3.05, 3.63) is 59.2 Å². The van der Waals surface area contributed by atoms with Gasteiger partial charge in [-0.2, -0.15) is 0 Å². The van der Waals surface area contributed by atoms with Crippen LogP contribution in [0.2, 0.25) is 5.02 Å². The maximum absolute atomic E-state index is 12.9. The minimum Gasteiger partial charge on any atom is -0.461 e. The number of piperidine rings is 1. The number of para-hydroxylation sites is 1. The van der Waals surface area contributed by atoms with Crippen molar-refractivity contribution in [3.8, 4) is 11.1 Å². The van der Waals surface area contributed by atoms with Crippen LogP contribution in [0.4, 0.5) is 5.69 Å². The predicted octanol–water partition coefficient (Wildman–Crippen LogP) is 5.72. The quantitative estimate of drug-likeness (QED) is 0.530. The summed E-state index contributed by atoms with van der Waals surface area (Å²) in [5.41, 5.74) is 3.85. The third kappa shape index (κ3) is 3.45. The highest BCUT2D eigenvalue weighted by molar-refractivity contribution is 6.34. The molecule has 4 rings (SSSR count). The molecule has 1 fully saturated rings. The molecule has 4 nitrogen and oxygen atoms in total. The number of fused-ring (bicyclic) bond motifs is 1. The third-order valence-electron chi connectivity index (χ3n) is 5.15. The second kappa shape index (κ2) is 8.19. The SMILES string of the molecule is CCOC(=O)c1nc2ccccc2c(-c2ccccc2Cl)c1N1CCCCC1. The van der Waals surface area contributed by atoms with Gasteiger partial charge < -0.3 is 9.64 Å². The molecule has 0 radical (unpaired) electrons. The fourth-order valence-corrected chi connectivity index (χ4v) is 4.14. The molecule has 1 aliphatic rings. The van der Waals surface area contributed by atoms with Crippen LogP contribution in [0.25, 0.3) is 22.0 Å². The maximum Gasteiger partial charge on any atom is 0.359 e. The van der Waals surface area contributed by atoms with Gasteiger partial charge in [0.05, 0.1) is 17.8 Å². The van der Waals surface area contributed by atoms with Crippen molar-refractivity contribution in [1.29, 1.82) is 0 Å². The van der Waals surface area contributed by atoms with Crippen molar-refractivity contribution in [2.45, 2.75) is 26.2 Å². The van der Waals surface area contributed by atoms with Crippen molar-refractivity contribution in [2.24, 2.45) is 0 Å². The molecule has 0 amide bonds. The van der Waals surface area contributed by atoms with Gasteiger partial charge in [-0.15, -0.1) is 0 Å². The molecular weight excluding hydrogens is 372 g/mol. The van der Waals surface area contributed by atoms with E-state index in [0.29, 0.717) is 17.3 Å². The zero-order valence-corrected chi connectivity index (χ0v) is 16.7. The van der Waals surface area contributed by atoms with Crippen LogP contribution in [0.3, 0.4) is 0 Å². The van der Waals surface area contributed by atoms with E-state index in [1.165, 1.54) is 6.42 Å². The first-order valence-electron chi connectivity index (χ1n) is 9.80. The summed E-state index contributed by atoms with van der Waals surface area (Å²) >= 11 is 6.61. The summed E-state index contributed by atoms with van der Waals surface area (Å²) in [7, 11) is 0. The molecule has 0 bridgehead atoms. The largest absolute Gasteiger partial charge is 0.461 e. The fourth-order valence-electron chi connectivity index (χ4n) is 3.91. The highest BCUT2D eigenvalue weighted by Crippen LogP contribution is 2.42. The molecule has 0 atom stereocenters. The topological polar surface area (TPSA) is 42.4 Å². The highest BCUT2D eigenvalue weighted by atomic mass is 35.5. The normalized spacial score (nSPS) is 14.3. The lowest BCUT2D eigenvalue weighted by molar-refractivity contribution is 0.0520. The van der Waals surface area contributed by atoms with Crippen LogP contribution in [-0.4, -0.2) is 30.6 Å². The lowest BCUT2D eigenvalue weighted by Gasteiger charge is -2.32. The maximum atomic E-state index is 12.9. The van der Waals surface area contributed by atoms with E-state index in [1.54, 1.807) is 0 Å². The lowest BCUT2D eigenvalue weighted by atomic mass is 9.95. The second-order valence-corrected chi connectivity index (χ2v) is 7.36. The Hall–Kier alpha value is -2.59. The highest BCUT2D eigenvalue weighted by Gasteiger charge is 2.27. The molecule has 5 heteroatoms. The molecule has 2 aromatic carbocycles. The summed E-state index contributed by atoms with van der Waals surface area (Å²) in [5.74, 6) is -0.387. The van der Waals surface area contributed by atoms with E-state index in [9.17, 15) is 4.79 Å². The average molecular weight is 395 g/mol. The molecule has 0 aliphatic carbocycles. The molecule has 28 heavy (non-hydrogen) atoms. The van der Waals surface area contributed by atoms with E-state index in [1.807, 2.05) is 55.5 Å². The van der Waals surface area contributed by atoms with Crippen LogP contribution in [0.15, 0.2) is 48.5 Å². The van der Waals surface area contributed by atoms with Gasteiger partial charge in [-0.3, -0.25) is 0 Å². The molecule has 2 heterocycles. The number of hydrogen-bond acceptors (Lipinski definition) is 4. The summed E-state index contributed by atoms with van der Waals surface area (Å²) in [5, 5.41) is 1.65. The van der Waals surface area contributed by atoms with Gasteiger partial charge in [-0.05, 0) is 38.3 Å². The first kappa shape index (κ1) is 18.8. The molecule has 1 aliphatic heterocycles. The van der Waals surface area contributed by atoms with Crippen LogP contribution < -0.4 is 4.90 Å². The number of ether oxygens (including phenoxy) is 1. The van der Waals surface area contributed by atoms with Gasteiger partial charge in [0.25, 0.3) is 0 Å². The van der Waals surface area contributed by atoms with Crippen LogP contribution in [0.1, 0.15) is 36.7 Å². The summed E-state index contributed by atoms with van der Waals surface area (Å²) < 4.78 is 5.37. The van der Waals surface area contributed by atoms with E-state index in [-0.39, 0.29) is 5.97 Å². The van der Waals surface area contributed by atoms with Gasteiger partial charge in [0.1, 0.15) is 0 Å². The zero-order valence-electron chi connectivity index (χ0n) is 16.0. The van der Waals surface area contributed by atoms with Gasteiger partial charge >= 0.3 is 5.97 Å². The van der Waals surface area contributed by atoms with Crippen molar-refractivity contribution in [3.63, 3.8) is 0 Å². The van der Waals surface area contributed by atoms with E-state index in [0.717, 1.165) is 53.6 Å². The zero-order chi connectivity index (χ0) is 19.5. The van der Waals surface area contributed by atoms with E-state index >= 15 is 0 Å². The molecule has 1 aromatic heterocycles. The summed E-state index contributed by atoms with van der Waals surface area (Å²) in [6.45, 7) is 3.91. The monoisotopic (exact) mass is 394 g/mol. The molecule has 1 saturated heterocycles. The number of benzene rings is 2. The second-order valence-electron chi connectivity index (χ2n) is 6.95. The van der Waals surface area contributed by atoms with Crippen molar-refractivity contribution >= 4 is 34.2 Å². The molecule has 3 aromatic rings. The molecule has 144 valence electrons. The number of nitrogens with zero attached hydrogens (tertiary/aromatic N) is 2. The van der Waals surface area contributed by atoms with E-state index in [2.05, 4.69) is 4.90 Å². The number of rotatable bonds is 4. The molecular formula is C23H23ClN2O2. The lowest BCUT2D eigenvalue weighted by Crippen LogP contribution is -2.32. The number of esters is 1. The van der Waals surface area contributed by atoms with Gasteiger partial charge in [0, 0.05) is 34.6 Å². The predicted molar refractivity (Wildman–Crippen MR) is 114 cm³/mol. The first-order chi connectivity index (χ1) is 13.7. The van der Waals surface area contributed by atoms with Crippen LogP contribution in [0, 0.1) is 0 Å². The van der Waals surface area contributed by atoms with E-state index < -0.39 is 0 Å². The molecule has 0 N–H and O–H groups in total. The number of carbonyl (C=O) groups excluding carboxylic acids is 1. The van der Waals surface area contributed by atoms with Crippen molar-refractivity contribution in [2.75, 3.05) is 24.6 Å². The van der Waals surface area contributed by atoms with E-state index in [4.69, 9.17) is 21.3 Å². The number of aromatic nitrogens is 1. The standard InChI is InChI=1S/C23H23ClN2O2/c1-2-28-23(27)21-22(26-14-8-3-9-15-26)20(16-10-4-6-12-18(16)24)17-11-5-7-13-19(17)25-21/h4-7,10-13H,2-3,8-9,14-15H2,1H3. The third-order valence-corrected chi connectivity index (χ3v) is 5.48. The number of hydrogen-bond donors (Lipinski definition) is 0. The minimum atomic E-state index is -0.387. The fraction of sp³-hybridized carbons (Fsp3) is 0.304. The summed E-state index contributed by atoms with van der Waals surface area (Å²) in [6, 6.07) is 15.7.